The van der Waals surface area contributed by atoms with Crippen molar-refractivity contribution in [2.24, 2.45) is 10.4 Å². The van der Waals surface area contributed by atoms with Gasteiger partial charge in [0.2, 0.25) is 0 Å². The van der Waals surface area contributed by atoms with E-state index in [0.717, 1.165) is 11.3 Å². The maximum atomic E-state index is 4.18. The molecule has 0 spiro atoms. The summed E-state index contributed by atoms with van der Waals surface area (Å²) in [5.74, 6) is 0. The van der Waals surface area contributed by atoms with Gasteiger partial charge in [-0.15, -0.1) is 5.73 Å². The number of hydrogen-bond donors (Lipinski definition) is 0. The fraction of sp³-hybridized carbons (Fsp3) is 0.412. The molecule has 0 N–H and O–H groups in total. The number of allylic oxidation sites excluding steroid dienone is 6. The normalized spacial score (nSPS) is 17.8. The zero-order chi connectivity index (χ0) is 13.4. The monoisotopic (exact) mass is 241 g/mol. The summed E-state index contributed by atoms with van der Waals surface area (Å²) in [5, 5.41) is 0. The molecule has 1 heteroatoms. The minimum Gasteiger partial charge on any atom is -0.287 e. The van der Waals surface area contributed by atoms with E-state index in [2.05, 4.69) is 36.4 Å². The highest BCUT2D eigenvalue weighted by Crippen LogP contribution is 2.48. The minimum absolute atomic E-state index is 0.589. The Bertz CT molecular complexity index is 436. The molecule has 0 aliphatic heterocycles. The van der Waals surface area contributed by atoms with E-state index >= 15 is 0 Å². The molecule has 1 aliphatic rings. The van der Waals surface area contributed by atoms with Gasteiger partial charge in [0, 0.05) is 13.1 Å². The highest BCUT2D eigenvalue weighted by Gasteiger charge is 2.35. The molecule has 1 saturated carbocycles. The third-order valence-electron chi connectivity index (χ3n) is 3.22. The van der Waals surface area contributed by atoms with Gasteiger partial charge in [0.05, 0.1) is 5.71 Å². The smallest absolute Gasteiger partial charge is 0.0714 e. The molecule has 0 atom stereocenters. The van der Waals surface area contributed by atoms with Gasteiger partial charge in [-0.1, -0.05) is 37.8 Å². The molecule has 18 heavy (non-hydrogen) atoms. The van der Waals surface area contributed by atoms with E-state index in [9.17, 15) is 0 Å². The average Bonchev–Trinajstić information content (AvgIpc) is 3.08. The maximum absolute atomic E-state index is 4.18. The molecule has 0 saturated heterocycles. The van der Waals surface area contributed by atoms with Crippen LogP contribution >= 0.6 is 0 Å². The Labute approximate surface area is 111 Å². The fourth-order valence-corrected chi connectivity index (χ4v) is 1.57. The SMILES string of the molecule is C=C(/C=C\C=C/CC1(C)CC1)C(C=C=CC)=NC. The largest absolute Gasteiger partial charge is 0.287 e. The third-order valence-corrected chi connectivity index (χ3v) is 3.22. The van der Waals surface area contributed by atoms with Crippen molar-refractivity contribution >= 4 is 5.71 Å². The van der Waals surface area contributed by atoms with Gasteiger partial charge >= 0.3 is 0 Å². The van der Waals surface area contributed by atoms with Crippen molar-refractivity contribution in [2.45, 2.75) is 33.1 Å². The van der Waals surface area contributed by atoms with Crippen molar-refractivity contribution < 1.29 is 0 Å². The Morgan fingerprint density at radius 2 is 2.11 bits per heavy atom. The summed E-state index contributed by atoms with van der Waals surface area (Å²) < 4.78 is 0. The van der Waals surface area contributed by atoms with Crippen LogP contribution < -0.4 is 0 Å². The van der Waals surface area contributed by atoms with Gasteiger partial charge in [0.1, 0.15) is 0 Å². The Morgan fingerprint density at radius 3 is 2.67 bits per heavy atom. The van der Waals surface area contributed by atoms with Crippen LogP contribution in [-0.4, -0.2) is 12.8 Å². The van der Waals surface area contributed by atoms with Crippen molar-refractivity contribution in [3.05, 3.63) is 54.3 Å². The first kappa shape index (κ1) is 14.5. The molecule has 96 valence electrons. The second-order valence-electron chi connectivity index (χ2n) is 5.04. The van der Waals surface area contributed by atoms with Crippen LogP contribution in [0.1, 0.15) is 33.1 Å². The molecule has 1 nitrogen and oxygen atoms in total. The molecule has 1 fully saturated rings. The molecule has 0 radical (unpaired) electrons. The highest BCUT2D eigenvalue weighted by atomic mass is 14.7. The fourth-order valence-electron chi connectivity index (χ4n) is 1.57. The first-order chi connectivity index (χ1) is 8.61. The molecule has 0 heterocycles. The highest BCUT2D eigenvalue weighted by molar-refractivity contribution is 6.09. The lowest BCUT2D eigenvalue weighted by molar-refractivity contribution is 0.585. The number of aliphatic imine (C=N–C) groups is 1. The van der Waals surface area contributed by atoms with Gasteiger partial charge in [-0.2, -0.15) is 0 Å². The Hall–Kier alpha value is -1.59. The first-order valence-electron chi connectivity index (χ1n) is 6.48. The molecule has 0 bridgehead atoms. The average molecular weight is 241 g/mol. The first-order valence-corrected chi connectivity index (χ1v) is 6.48. The zero-order valence-corrected chi connectivity index (χ0v) is 11.7. The van der Waals surface area contributed by atoms with Crippen molar-refractivity contribution in [1.82, 2.24) is 0 Å². The van der Waals surface area contributed by atoms with Crippen LogP contribution in [0.25, 0.3) is 0 Å². The van der Waals surface area contributed by atoms with E-state index in [1.54, 1.807) is 7.05 Å². The molecule has 0 aromatic rings. The van der Waals surface area contributed by atoms with Gasteiger partial charge in [-0.05, 0) is 43.3 Å². The Morgan fingerprint density at radius 1 is 1.39 bits per heavy atom. The van der Waals surface area contributed by atoms with Gasteiger partial charge in [0.15, 0.2) is 0 Å². The second-order valence-corrected chi connectivity index (χ2v) is 5.04. The molecule has 0 aromatic heterocycles. The Kier molecular flexibility index (Phi) is 5.61. The van der Waals surface area contributed by atoms with Crippen molar-refractivity contribution in [3.8, 4) is 0 Å². The summed E-state index contributed by atoms with van der Waals surface area (Å²) in [5.41, 5.74) is 5.38. The van der Waals surface area contributed by atoms with Crippen molar-refractivity contribution in [3.63, 3.8) is 0 Å². The van der Waals surface area contributed by atoms with Gasteiger partial charge in [-0.3, -0.25) is 4.99 Å². The molecule has 0 amide bonds. The van der Waals surface area contributed by atoms with Crippen LogP contribution in [0.3, 0.4) is 0 Å². The summed E-state index contributed by atoms with van der Waals surface area (Å²) in [7, 11) is 1.77. The zero-order valence-electron chi connectivity index (χ0n) is 11.7. The van der Waals surface area contributed by atoms with E-state index in [4.69, 9.17) is 0 Å². The van der Waals surface area contributed by atoms with Crippen molar-refractivity contribution in [2.75, 3.05) is 7.05 Å². The van der Waals surface area contributed by atoms with Crippen LogP contribution in [0.2, 0.25) is 0 Å². The predicted octanol–water partition coefficient (Wildman–Crippen LogP) is 4.65. The van der Waals surface area contributed by atoms with Crippen LogP contribution in [0.15, 0.2) is 59.3 Å². The summed E-state index contributed by atoms with van der Waals surface area (Å²) in [6, 6.07) is 0. The van der Waals surface area contributed by atoms with Crippen LogP contribution in [0, 0.1) is 5.41 Å². The topological polar surface area (TPSA) is 12.4 Å². The lowest BCUT2D eigenvalue weighted by atomic mass is 10.1. The van der Waals surface area contributed by atoms with E-state index in [1.165, 1.54) is 19.3 Å². The predicted molar refractivity (Wildman–Crippen MR) is 81.1 cm³/mol. The van der Waals surface area contributed by atoms with Gasteiger partial charge < -0.3 is 0 Å². The minimum atomic E-state index is 0.589. The summed E-state index contributed by atoms with van der Waals surface area (Å²) >= 11 is 0. The van der Waals surface area contributed by atoms with Crippen LogP contribution in [0.4, 0.5) is 0 Å². The van der Waals surface area contributed by atoms with Gasteiger partial charge in [-0.25, -0.2) is 0 Å². The standard InChI is InChI=1S/C17H23N/c1-5-6-11-16(18-4)15(2)10-8-7-9-12-17(3)13-14-17/h5,7-11H,2,12-14H2,1,3-4H3/b9-7-,10-8-,18-16?. The van der Waals surface area contributed by atoms with Crippen molar-refractivity contribution in [1.29, 1.82) is 0 Å². The molecular weight excluding hydrogens is 218 g/mol. The molecule has 1 aliphatic carbocycles. The Balaban J connectivity index is 2.45. The molecule has 0 unspecified atom stereocenters. The van der Waals surface area contributed by atoms with Crippen LogP contribution in [0.5, 0.6) is 0 Å². The maximum Gasteiger partial charge on any atom is 0.0714 e. The number of hydrogen-bond acceptors (Lipinski definition) is 1. The second kappa shape index (κ2) is 6.98. The number of nitrogens with zero attached hydrogens (tertiary/aromatic N) is 1. The summed E-state index contributed by atoms with van der Waals surface area (Å²) in [4.78, 5) is 4.18. The third kappa shape index (κ3) is 5.16. The molecular formula is C17H23N. The lowest BCUT2D eigenvalue weighted by Gasteiger charge is -2.00. The number of rotatable bonds is 6. The summed E-state index contributed by atoms with van der Waals surface area (Å²) in [6.07, 6.45) is 16.0. The van der Waals surface area contributed by atoms with E-state index in [-0.39, 0.29) is 0 Å². The van der Waals surface area contributed by atoms with E-state index in [0.29, 0.717) is 5.41 Å². The van der Waals surface area contributed by atoms with E-state index in [1.807, 2.05) is 31.2 Å². The summed E-state index contributed by atoms with van der Waals surface area (Å²) in [6.45, 7) is 8.27. The molecule has 1 rings (SSSR count). The lowest BCUT2D eigenvalue weighted by Crippen LogP contribution is -1.94. The van der Waals surface area contributed by atoms with E-state index < -0.39 is 0 Å². The van der Waals surface area contributed by atoms with Crippen LogP contribution in [-0.2, 0) is 0 Å². The van der Waals surface area contributed by atoms with Gasteiger partial charge in [0.25, 0.3) is 0 Å². The molecule has 0 aromatic carbocycles. The quantitative estimate of drug-likeness (QED) is 0.365.